The fourth-order valence-corrected chi connectivity index (χ4v) is 4.76. The van der Waals surface area contributed by atoms with E-state index >= 15 is 0 Å². The molecule has 5 rings (SSSR count). The number of methoxy groups -OCH3 is 1. The molecule has 39 heavy (non-hydrogen) atoms. The molecule has 0 amide bonds. The topological polar surface area (TPSA) is 102 Å². The van der Waals surface area contributed by atoms with Crippen molar-refractivity contribution in [3.63, 3.8) is 0 Å². The van der Waals surface area contributed by atoms with Gasteiger partial charge in [0, 0.05) is 23.2 Å². The second-order valence-electron chi connectivity index (χ2n) is 10.1. The number of rotatable bonds is 10. The van der Waals surface area contributed by atoms with Gasteiger partial charge in [0.1, 0.15) is 17.6 Å². The molecular weight excluding hydrogens is 516 g/mol. The second kappa shape index (κ2) is 11.0. The first kappa shape index (κ1) is 26.6. The summed E-state index contributed by atoms with van der Waals surface area (Å²) in [6.07, 6.45) is 2.44. The zero-order chi connectivity index (χ0) is 27.6. The predicted molar refractivity (Wildman–Crippen MR) is 150 cm³/mol. The van der Waals surface area contributed by atoms with Crippen LogP contribution in [0.15, 0.2) is 76.1 Å². The third-order valence-corrected chi connectivity index (χ3v) is 7.41. The number of furan rings is 1. The lowest BCUT2D eigenvalue weighted by Crippen LogP contribution is -2.38. The van der Waals surface area contributed by atoms with E-state index in [1.165, 1.54) is 0 Å². The Morgan fingerprint density at radius 2 is 1.92 bits per heavy atom. The van der Waals surface area contributed by atoms with Gasteiger partial charge in [0.25, 0.3) is 5.56 Å². The highest BCUT2D eigenvalue weighted by molar-refractivity contribution is 6.30. The van der Waals surface area contributed by atoms with Crippen molar-refractivity contribution >= 4 is 22.5 Å². The maximum absolute atomic E-state index is 13.8. The van der Waals surface area contributed by atoms with Gasteiger partial charge in [0.05, 0.1) is 31.0 Å². The molecule has 0 bridgehead atoms. The average Bonchev–Trinajstić information content (AvgIpc) is 3.63. The summed E-state index contributed by atoms with van der Waals surface area (Å²) in [5, 5.41) is 14.5. The molecule has 0 spiro atoms. The van der Waals surface area contributed by atoms with Crippen molar-refractivity contribution in [3.8, 4) is 5.75 Å². The maximum Gasteiger partial charge on any atom is 0.253 e. The van der Waals surface area contributed by atoms with Gasteiger partial charge in [-0.1, -0.05) is 30.7 Å². The quantitative estimate of drug-likeness (QED) is 0.239. The molecule has 0 aliphatic rings. The summed E-state index contributed by atoms with van der Waals surface area (Å²) in [6.45, 7) is 7.15. The Bertz CT molecular complexity index is 1610. The van der Waals surface area contributed by atoms with Crippen LogP contribution in [-0.4, -0.2) is 37.2 Å². The number of hydrogen-bond acceptors (Lipinski definition) is 7. The zero-order valence-electron chi connectivity index (χ0n) is 22.4. The van der Waals surface area contributed by atoms with Gasteiger partial charge in [-0.3, -0.25) is 9.69 Å². The fraction of sp³-hybridized carbons (Fsp3) is 0.310. The minimum atomic E-state index is -0.596. The molecule has 0 unspecified atom stereocenters. The van der Waals surface area contributed by atoms with E-state index in [9.17, 15) is 4.79 Å². The molecule has 3 heterocycles. The summed E-state index contributed by atoms with van der Waals surface area (Å²) in [6, 6.07) is 18.4. The number of benzene rings is 2. The molecule has 0 fully saturated rings. The number of hydrogen-bond donors (Lipinski definition) is 1. The van der Waals surface area contributed by atoms with Crippen LogP contribution >= 0.6 is 11.6 Å². The van der Waals surface area contributed by atoms with Crippen molar-refractivity contribution < 1.29 is 9.15 Å². The van der Waals surface area contributed by atoms with Crippen molar-refractivity contribution in [3.05, 3.63) is 105 Å². The van der Waals surface area contributed by atoms with E-state index in [-0.39, 0.29) is 11.1 Å². The molecule has 202 valence electrons. The molecule has 0 saturated heterocycles. The summed E-state index contributed by atoms with van der Waals surface area (Å²) in [7, 11) is 1.60. The number of fused-ring (bicyclic) bond motifs is 1. The van der Waals surface area contributed by atoms with Crippen LogP contribution in [0.5, 0.6) is 5.75 Å². The minimum Gasteiger partial charge on any atom is -0.497 e. The van der Waals surface area contributed by atoms with Gasteiger partial charge in [-0.2, -0.15) is 0 Å². The number of nitrogens with one attached hydrogen (secondary N) is 1. The number of aromatic nitrogens is 5. The molecule has 9 nitrogen and oxygen atoms in total. The number of halogens is 1. The largest absolute Gasteiger partial charge is 0.497 e. The Morgan fingerprint density at radius 1 is 1.13 bits per heavy atom. The van der Waals surface area contributed by atoms with Gasteiger partial charge in [-0.05, 0) is 84.1 Å². The number of ether oxygens (including phenoxy) is 1. The molecule has 2 aromatic carbocycles. The summed E-state index contributed by atoms with van der Waals surface area (Å²) in [5.74, 6) is 1.99. The molecule has 0 saturated carbocycles. The highest BCUT2D eigenvalue weighted by Gasteiger charge is 2.35. The summed E-state index contributed by atoms with van der Waals surface area (Å²) < 4.78 is 12.9. The van der Waals surface area contributed by atoms with Crippen LogP contribution in [0.3, 0.4) is 0 Å². The Kier molecular flexibility index (Phi) is 7.54. The highest BCUT2D eigenvalue weighted by Crippen LogP contribution is 2.33. The van der Waals surface area contributed by atoms with Crippen LogP contribution in [0.25, 0.3) is 10.9 Å². The average molecular weight is 547 g/mol. The van der Waals surface area contributed by atoms with Gasteiger partial charge in [0.15, 0.2) is 5.82 Å². The van der Waals surface area contributed by atoms with Crippen molar-refractivity contribution in [1.82, 2.24) is 30.1 Å². The normalized spacial score (nSPS) is 12.8. The van der Waals surface area contributed by atoms with E-state index in [1.54, 1.807) is 13.4 Å². The number of nitrogens with zero attached hydrogens (tertiary/aromatic N) is 5. The Hall–Kier alpha value is -3.95. The van der Waals surface area contributed by atoms with Gasteiger partial charge in [0.2, 0.25) is 0 Å². The van der Waals surface area contributed by atoms with Crippen LogP contribution in [-0.2, 0) is 18.6 Å². The molecule has 0 radical (unpaired) electrons. The number of H-pyrrole nitrogens is 1. The van der Waals surface area contributed by atoms with E-state index < -0.39 is 6.04 Å². The minimum absolute atomic E-state index is 0.231. The second-order valence-corrected chi connectivity index (χ2v) is 10.6. The SMILES string of the molecule is CCC(C)(C)n1nnnc1[C@H](c1cc2ccc(OC)cc2[nH]c1=O)N(Cc1ccc(Cl)cc1)Cc1ccco1. The molecule has 1 N–H and O–H groups in total. The third-order valence-electron chi connectivity index (χ3n) is 7.16. The van der Waals surface area contributed by atoms with E-state index in [0.29, 0.717) is 40.8 Å². The van der Waals surface area contributed by atoms with Crippen molar-refractivity contribution in [2.75, 3.05) is 7.11 Å². The number of pyridine rings is 1. The molecule has 5 aromatic rings. The summed E-state index contributed by atoms with van der Waals surface area (Å²) in [4.78, 5) is 19.0. The lowest BCUT2D eigenvalue weighted by molar-refractivity contribution is 0.168. The highest BCUT2D eigenvalue weighted by atomic mass is 35.5. The number of tetrazole rings is 1. The molecule has 0 aliphatic carbocycles. The van der Waals surface area contributed by atoms with Crippen LogP contribution in [0.2, 0.25) is 5.02 Å². The molecule has 1 atom stereocenters. The molecule has 3 aromatic heterocycles. The first-order valence-electron chi connectivity index (χ1n) is 12.8. The standard InChI is InChI=1S/C29H31ClN6O3/c1-5-29(2,3)36-27(32-33-34-36)26(24-15-20-10-13-22(38-4)16-25(20)31-28(24)37)35(18-23-7-6-14-39-23)17-19-8-11-21(30)12-9-19/h6-16,26H,5,17-18H2,1-4H3,(H,31,37)/t26-/m0/s1. The van der Waals surface area contributed by atoms with Gasteiger partial charge >= 0.3 is 0 Å². The zero-order valence-corrected chi connectivity index (χ0v) is 23.1. The molecule has 10 heteroatoms. The maximum atomic E-state index is 13.8. The lowest BCUT2D eigenvalue weighted by Gasteiger charge is -2.33. The molecular formula is C29H31ClN6O3. The van der Waals surface area contributed by atoms with Crippen molar-refractivity contribution in [2.24, 2.45) is 0 Å². The monoisotopic (exact) mass is 546 g/mol. The fourth-order valence-electron chi connectivity index (χ4n) is 4.64. The Morgan fingerprint density at radius 3 is 2.62 bits per heavy atom. The van der Waals surface area contributed by atoms with E-state index in [0.717, 1.165) is 23.1 Å². The van der Waals surface area contributed by atoms with Gasteiger partial charge in [-0.15, -0.1) is 5.10 Å². The van der Waals surface area contributed by atoms with Crippen LogP contribution in [0, 0.1) is 0 Å². The van der Waals surface area contributed by atoms with Gasteiger partial charge < -0.3 is 14.1 Å². The van der Waals surface area contributed by atoms with Crippen molar-refractivity contribution in [2.45, 2.75) is 51.9 Å². The van der Waals surface area contributed by atoms with E-state index in [2.05, 4.69) is 46.2 Å². The smallest absolute Gasteiger partial charge is 0.253 e. The summed E-state index contributed by atoms with van der Waals surface area (Å²) in [5.41, 5.74) is 1.61. The first-order valence-corrected chi connectivity index (χ1v) is 13.2. The van der Waals surface area contributed by atoms with Crippen LogP contribution in [0.4, 0.5) is 0 Å². The molecule has 0 aliphatic heterocycles. The van der Waals surface area contributed by atoms with Crippen molar-refractivity contribution in [1.29, 1.82) is 0 Å². The first-order chi connectivity index (χ1) is 18.8. The van der Waals surface area contributed by atoms with Crippen LogP contribution in [0.1, 0.15) is 55.9 Å². The summed E-state index contributed by atoms with van der Waals surface area (Å²) >= 11 is 6.17. The number of aromatic amines is 1. The van der Waals surface area contributed by atoms with Crippen LogP contribution < -0.4 is 10.3 Å². The van der Waals surface area contributed by atoms with Gasteiger partial charge in [-0.25, -0.2) is 4.68 Å². The Labute approximate surface area is 231 Å². The predicted octanol–water partition coefficient (Wildman–Crippen LogP) is 5.71. The van der Waals surface area contributed by atoms with E-state index in [1.807, 2.05) is 65.3 Å². The van der Waals surface area contributed by atoms with E-state index in [4.69, 9.17) is 20.8 Å². The lowest BCUT2D eigenvalue weighted by atomic mass is 9.98. The Balaban J connectivity index is 1.72. The third kappa shape index (κ3) is 5.60.